The zero-order valence-corrected chi connectivity index (χ0v) is 23.9. The minimum Gasteiger partial charge on any atom is -0.347 e. The Kier molecular flexibility index (Phi) is 9.04. The summed E-state index contributed by atoms with van der Waals surface area (Å²) in [5.41, 5.74) is 3.01. The fraction of sp³-hybridized carbons (Fsp3) is 0.367. The van der Waals surface area contributed by atoms with Crippen LogP contribution in [-0.4, -0.2) is 85.9 Å². The van der Waals surface area contributed by atoms with Gasteiger partial charge in [0, 0.05) is 45.0 Å². The first-order valence-corrected chi connectivity index (χ1v) is 16.0. The van der Waals surface area contributed by atoms with Crippen LogP contribution in [0.25, 0.3) is 11.1 Å². The molecule has 3 aromatic carbocycles. The van der Waals surface area contributed by atoms with Crippen molar-refractivity contribution < 1.29 is 13.2 Å². The molecule has 2 fully saturated rings. The first-order valence-electron chi connectivity index (χ1n) is 13.5. The van der Waals surface area contributed by atoms with E-state index in [0.29, 0.717) is 12.3 Å². The van der Waals surface area contributed by atoms with Crippen LogP contribution >= 0.6 is 11.8 Å². The van der Waals surface area contributed by atoms with Crippen molar-refractivity contribution in [2.24, 2.45) is 0 Å². The topological polar surface area (TPSA) is 73.0 Å². The van der Waals surface area contributed by atoms with Crippen LogP contribution in [0, 0.1) is 0 Å². The first kappa shape index (κ1) is 27.9. The van der Waals surface area contributed by atoms with Gasteiger partial charge in [-0.2, -0.15) is 4.31 Å². The lowest BCUT2D eigenvalue weighted by Gasteiger charge is -2.33. The van der Waals surface area contributed by atoms with Gasteiger partial charge in [0.1, 0.15) is 5.37 Å². The normalized spacial score (nSPS) is 20.1. The summed E-state index contributed by atoms with van der Waals surface area (Å²) in [6.07, 6.45) is 0.768. The molecule has 0 bridgehead atoms. The lowest BCUT2D eigenvalue weighted by Crippen LogP contribution is -2.47. The van der Waals surface area contributed by atoms with Crippen LogP contribution in [0.2, 0.25) is 0 Å². The van der Waals surface area contributed by atoms with Gasteiger partial charge >= 0.3 is 0 Å². The smallest absolute Gasteiger partial charge is 0.249 e. The predicted octanol–water partition coefficient (Wildman–Crippen LogP) is 3.91. The van der Waals surface area contributed by atoms with E-state index in [4.69, 9.17) is 0 Å². The van der Waals surface area contributed by atoms with E-state index in [-0.39, 0.29) is 16.8 Å². The highest BCUT2D eigenvalue weighted by molar-refractivity contribution is 8.02. The van der Waals surface area contributed by atoms with E-state index in [1.165, 1.54) is 16.1 Å². The Morgan fingerprint density at radius 3 is 2.15 bits per heavy atom. The van der Waals surface area contributed by atoms with Gasteiger partial charge in [-0.05, 0) is 42.3 Å². The Balaban J connectivity index is 1.29. The Morgan fingerprint density at radius 1 is 0.872 bits per heavy atom. The Labute approximate surface area is 236 Å². The van der Waals surface area contributed by atoms with E-state index in [1.54, 1.807) is 12.1 Å². The van der Waals surface area contributed by atoms with Crippen LogP contribution in [-0.2, 0) is 14.8 Å². The van der Waals surface area contributed by atoms with Gasteiger partial charge in [-0.3, -0.25) is 4.79 Å². The summed E-state index contributed by atoms with van der Waals surface area (Å²) in [6, 6.07) is 26.6. The van der Waals surface area contributed by atoms with Crippen LogP contribution in [0.5, 0.6) is 0 Å². The summed E-state index contributed by atoms with van der Waals surface area (Å²) in [5, 5.41) is 2.41. The fourth-order valence-corrected chi connectivity index (χ4v) is 8.21. The number of rotatable bonds is 9. The highest BCUT2D eigenvalue weighted by atomic mass is 32.2. The Bertz CT molecular complexity index is 1330. The number of piperazine rings is 1. The van der Waals surface area contributed by atoms with Crippen LogP contribution in [0.15, 0.2) is 89.8 Å². The molecule has 0 saturated carbocycles. The highest BCUT2D eigenvalue weighted by Crippen LogP contribution is 2.32. The average molecular weight is 565 g/mol. The van der Waals surface area contributed by atoms with Crippen molar-refractivity contribution in [3.05, 3.63) is 90.5 Å². The molecule has 2 saturated heterocycles. The van der Waals surface area contributed by atoms with Crippen molar-refractivity contribution >= 4 is 27.7 Å². The molecular formula is C30H36N4O3S2. The monoisotopic (exact) mass is 564 g/mol. The largest absolute Gasteiger partial charge is 0.347 e. The third-order valence-electron chi connectivity index (χ3n) is 7.49. The number of benzene rings is 3. The molecule has 1 N–H and O–H groups in total. The maximum Gasteiger partial charge on any atom is 0.249 e. The molecule has 7 nitrogen and oxygen atoms in total. The van der Waals surface area contributed by atoms with Gasteiger partial charge < -0.3 is 15.1 Å². The summed E-state index contributed by atoms with van der Waals surface area (Å²) in [5.74, 6) is 0.325. The molecule has 9 heteroatoms. The molecule has 2 atom stereocenters. The van der Waals surface area contributed by atoms with Crippen LogP contribution in [0.3, 0.4) is 0 Å². The summed E-state index contributed by atoms with van der Waals surface area (Å²) < 4.78 is 28.6. The molecule has 2 heterocycles. The van der Waals surface area contributed by atoms with Crippen LogP contribution in [0.4, 0.5) is 0 Å². The maximum atomic E-state index is 13.6. The molecule has 3 aromatic rings. The number of nitrogens with one attached hydrogen (secondary N) is 1. The second-order valence-corrected chi connectivity index (χ2v) is 13.2. The van der Waals surface area contributed by atoms with Crippen molar-refractivity contribution in [3.8, 4) is 11.1 Å². The molecule has 0 aromatic heterocycles. The number of nitrogens with zero attached hydrogens (tertiary/aromatic N) is 3. The maximum absolute atomic E-state index is 13.6. The van der Waals surface area contributed by atoms with Crippen LogP contribution in [0.1, 0.15) is 18.0 Å². The van der Waals surface area contributed by atoms with Crippen molar-refractivity contribution in [3.63, 3.8) is 0 Å². The molecule has 2 aliphatic rings. The van der Waals surface area contributed by atoms with Gasteiger partial charge in [-0.1, -0.05) is 72.8 Å². The number of carbonyl (C=O) groups is 1. The van der Waals surface area contributed by atoms with Crippen LogP contribution < -0.4 is 5.32 Å². The second-order valence-electron chi connectivity index (χ2n) is 10.1. The lowest BCUT2D eigenvalue weighted by molar-refractivity contribution is -0.123. The molecule has 0 spiro atoms. The van der Waals surface area contributed by atoms with E-state index in [9.17, 15) is 13.2 Å². The molecule has 0 radical (unpaired) electrons. The Morgan fingerprint density at radius 2 is 1.49 bits per heavy atom. The standard InChI is InChI=1S/C30H36N4O3S2/c1-32-18-20-33(21-19-32)17-16-28(26-10-6-3-7-11-26)31-29(35)30-34(22-23-38-30)39(36,37)27-14-12-25(13-15-27)24-8-4-2-5-9-24/h2-15,28,30H,16-23H2,1H3,(H,31,35). The minimum absolute atomic E-state index is 0.186. The van der Waals surface area contributed by atoms with Crippen molar-refractivity contribution in [1.29, 1.82) is 0 Å². The predicted molar refractivity (Wildman–Crippen MR) is 158 cm³/mol. The van der Waals surface area contributed by atoms with Gasteiger partial charge in [0.05, 0.1) is 10.9 Å². The number of carbonyl (C=O) groups excluding carboxylic acids is 1. The number of likely N-dealkylation sites (N-methyl/N-ethyl adjacent to an activating group) is 1. The number of sulfonamides is 1. The molecule has 5 rings (SSSR count). The second kappa shape index (κ2) is 12.7. The summed E-state index contributed by atoms with van der Waals surface area (Å²) >= 11 is 1.38. The molecule has 2 unspecified atom stereocenters. The highest BCUT2D eigenvalue weighted by Gasteiger charge is 2.40. The van der Waals surface area contributed by atoms with E-state index >= 15 is 0 Å². The summed E-state index contributed by atoms with van der Waals surface area (Å²) in [7, 11) is -1.69. The molecule has 2 aliphatic heterocycles. The van der Waals surface area contributed by atoms with Crippen molar-refractivity contribution in [1.82, 2.24) is 19.4 Å². The minimum atomic E-state index is -3.83. The van der Waals surface area contributed by atoms with Gasteiger partial charge in [0.25, 0.3) is 0 Å². The molecule has 39 heavy (non-hydrogen) atoms. The molecule has 0 aliphatic carbocycles. The lowest BCUT2D eigenvalue weighted by atomic mass is 10.0. The van der Waals surface area contributed by atoms with Crippen molar-refractivity contribution in [2.45, 2.75) is 22.7 Å². The molecular weight excluding hydrogens is 528 g/mol. The summed E-state index contributed by atoms with van der Waals surface area (Å²) in [6.45, 7) is 5.30. The number of hydrogen-bond acceptors (Lipinski definition) is 6. The average Bonchev–Trinajstić information content (AvgIpc) is 3.48. The van der Waals surface area contributed by atoms with E-state index < -0.39 is 15.4 Å². The molecule has 1 amide bonds. The van der Waals surface area contributed by atoms with Crippen molar-refractivity contribution in [2.75, 3.05) is 52.1 Å². The SMILES string of the molecule is CN1CCN(CCC(NC(=O)C2SCCN2S(=O)(=O)c2ccc(-c3ccccc3)cc2)c2ccccc2)CC1. The first-order chi connectivity index (χ1) is 18.9. The fourth-order valence-electron chi connectivity index (χ4n) is 5.13. The number of hydrogen-bond donors (Lipinski definition) is 1. The third-order valence-corrected chi connectivity index (χ3v) is 10.7. The van der Waals surface area contributed by atoms with Gasteiger partial charge in [-0.15, -0.1) is 11.8 Å². The van der Waals surface area contributed by atoms with E-state index in [2.05, 4.69) is 22.2 Å². The summed E-state index contributed by atoms with van der Waals surface area (Å²) in [4.78, 5) is 18.6. The van der Waals surface area contributed by atoms with E-state index in [0.717, 1.165) is 55.8 Å². The third kappa shape index (κ3) is 6.73. The number of amides is 1. The van der Waals surface area contributed by atoms with Gasteiger partial charge in [-0.25, -0.2) is 8.42 Å². The number of thioether (sulfide) groups is 1. The zero-order chi connectivity index (χ0) is 27.2. The molecule has 206 valence electrons. The van der Waals surface area contributed by atoms with Gasteiger partial charge in [0.15, 0.2) is 0 Å². The van der Waals surface area contributed by atoms with E-state index in [1.807, 2.05) is 72.8 Å². The van der Waals surface area contributed by atoms with Gasteiger partial charge in [0.2, 0.25) is 15.9 Å². The zero-order valence-electron chi connectivity index (χ0n) is 22.3. The quantitative estimate of drug-likeness (QED) is 0.425. The Hall–Kier alpha value is -2.69.